The first-order valence-corrected chi connectivity index (χ1v) is 10.9. The van der Waals surface area contributed by atoms with Crippen LogP contribution < -0.4 is 0 Å². The normalized spacial score (nSPS) is 21.2. The number of thiazole rings is 1. The fourth-order valence-electron chi connectivity index (χ4n) is 2.71. The zero-order chi connectivity index (χ0) is 19.5. The second kappa shape index (κ2) is 8.89. The summed E-state index contributed by atoms with van der Waals surface area (Å²) in [4.78, 5) is 9.21. The molecule has 3 aromatic rings. The molecule has 0 spiro atoms. The summed E-state index contributed by atoms with van der Waals surface area (Å²) >= 11 is 8.96. The van der Waals surface area contributed by atoms with Crippen molar-refractivity contribution in [3.8, 4) is 11.3 Å². The monoisotopic (exact) mass is 438 g/mol. The minimum Gasteiger partial charge on any atom is -0.388 e. The molecule has 4 rings (SSSR count). The molecular weight excluding hydrogens is 420 g/mol. The average molecular weight is 439 g/mol. The van der Waals surface area contributed by atoms with E-state index >= 15 is 0 Å². The molecule has 4 atom stereocenters. The summed E-state index contributed by atoms with van der Waals surface area (Å²) in [6.07, 6.45) is 6.05. The van der Waals surface area contributed by atoms with Gasteiger partial charge in [0.25, 0.3) is 0 Å². The van der Waals surface area contributed by atoms with E-state index in [0.717, 1.165) is 16.2 Å². The molecule has 0 bridgehead atoms. The summed E-state index contributed by atoms with van der Waals surface area (Å²) in [5, 5.41) is 17.7. The van der Waals surface area contributed by atoms with Gasteiger partial charge in [0.2, 0.25) is 0 Å². The number of hydrogen-bond donors (Lipinski definition) is 1. The lowest BCUT2D eigenvalue weighted by molar-refractivity contribution is -0.196. The van der Waals surface area contributed by atoms with Crippen molar-refractivity contribution >= 4 is 34.7 Å². The van der Waals surface area contributed by atoms with Crippen LogP contribution in [-0.4, -0.2) is 55.2 Å². The van der Waals surface area contributed by atoms with Gasteiger partial charge < -0.3 is 14.6 Å². The van der Waals surface area contributed by atoms with E-state index in [1.807, 2.05) is 18.5 Å². The molecule has 28 heavy (non-hydrogen) atoms. The molecule has 1 fully saturated rings. The van der Waals surface area contributed by atoms with Crippen LogP contribution in [0.3, 0.4) is 0 Å². The maximum atomic E-state index is 10.9. The van der Waals surface area contributed by atoms with E-state index in [1.54, 1.807) is 34.8 Å². The maximum Gasteiger partial charge on any atom is 0.136 e. The summed E-state index contributed by atoms with van der Waals surface area (Å²) in [5.41, 5.74) is 3.06. The zero-order valence-corrected chi connectivity index (χ0v) is 17.4. The Hall–Kier alpha value is -1.49. The number of rotatable bonds is 8. The van der Waals surface area contributed by atoms with Crippen molar-refractivity contribution in [1.29, 1.82) is 0 Å². The SMILES string of the molecule is CC1OCC1OC(Sc1cncc(Cl)c1)[C@@H](O)Cn1cc(-c2cscn2)cn1. The van der Waals surface area contributed by atoms with Crippen LogP contribution in [0.1, 0.15) is 6.92 Å². The number of aliphatic hydroxyl groups is 1. The van der Waals surface area contributed by atoms with Gasteiger partial charge >= 0.3 is 0 Å². The van der Waals surface area contributed by atoms with Crippen molar-refractivity contribution in [2.75, 3.05) is 6.61 Å². The molecule has 0 radical (unpaired) electrons. The van der Waals surface area contributed by atoms with Gasteiger partial charge in [0.05, 0.1) is 41.7 Å². The Bertz CT molecular complexity index is 908. The predicted octanol–water partition coefficient (Wildman–Crippen LogP) is 3.34. The Labute approximate surface area is 175 Å². The van der Waals surface area contributed by atoms with E-state index in [2.05, 4.69) is 15.1 Å². The first kappa shape index (κ1) is 19.8. The van der Waals surface area contributed by atoms with Gasteiger partial charge in [-0.2, -0.15) is 5.10 Å². The molecule has 1 N–H and O–H groups in total. The standard InChI is InChI=1S/C18H19ClN4O3S2/c1-11-17(8-25-11)26-18(28-14-2-13(19)4-20-5-14)16(24)7-23-6-12(3-22-23)15-9-27-10-21-15/h2-6,9-11,16-18,24H,7-8H2,1H3/t11?,16-,17?,18?/m0/s1. The predicted molar refractivity (Wildman–Crippen MR) is 109 cm³/mol. The third kappa shape index (κ3) is 4.73. The van der Waals surface area contributed by atoms with Gasteiger partial charge in [-0.25, -0.2) is 4.98 Å². The lowest BCUT2D eigenvalue weighted by Crippen LogP contribution is -2.48. The van der Waals surface area contributed by atoms with Crippen LogP contribution in [0.4, 0.5) is 0 Å². The Morgan fingerprint density at radius 3 is 3.04 bits per heavy atom. The third-order valence-corrected chi connectivity index (χ3v) is 6.28. The van der Waals surface area contributed by atoms with Crippen LogP contribution in [0, 0.1) is 0 Å². The van der Waals surface area contributed by atoms with Gasteiger partial charge in [-0.3, -0.25) is 9.67 Å². The zero-order valence-electron chi connectivity index (χ0n) is 15.0. The van der Waals surface area contributed by atoms with Crippen LogP contribution in [0.25, 0.3) is 11.3 Å². The Kier molecular flexibility index (Phi) is 6.29. The Balaban J connectivity index is 1.46. The Morgan fingerprint density at radius 2 is 2.36 bits per heavy atom. The van der Waals surface area contributed by atoms with Crippen LogP contribution in [0.5, 0.6) is 0 Å². The second-order valence-corrected chi connectivity index (χ2v) is 8.76. The van der Waals surface area contributed by atoms with Crippen LogP contribution in [0.15, 0.2) is 46.6 Å². The van der Waals surface area contributed by atoms with Gasteiger partial charge in [0.15, 0.2) is 0 Å². The van der Waals surface area contributed by atoms with E-state index < -0.39 is 11.5 Å². The van der Waals surface area contributed by atoms with Gasteiger partial charge in [-0.15, -0.1) is 11.3 Å². The van der Waals surface area contributed by atoms with Gasteiger partial charge in [-0.05, 0) is 13.0 Å². The third-order valence-electron chi connectivity index (χ3n) is 4.34. The number of aromatic nitrogens is 4. The highest BCUT2D eigenvalue weighted by Gasteiger charge is 2.34. The molecule has 0 amide bonds. The molecule has 1 aliphatic heterocycles. The Morgan fingerprint density at radius 1 is 1.46 bits per heavy atom. The fraction of sp³-hybridized carbons (Fsp3) is 0.389. The largest absolute Gasteiger partial charge is 0.388 e. The molecule has 10 heteroatoms. The molecule has 148 valence electrons. The van der Waals surface area contributed by atoms with Crippen molar-refractivity contribution in [3.05, 3.63) is 46.8 Å². The highest BCUT2D eigenvalue weighted by molar-refractivity contribution is 7.99. The topological polar surface area (TPSA) is 82.3 Å². The van der Waals surface area contributed by atoms with Gasteiger partial charge in [-0.1, -0.05) is 23.4 Å². The van der Waals surface area contributed by atoms with Crippen molar-refractivity contribution < 1.29 is 14.6 Å². The number of hydrogen-bond acceptors (Lipinski definition) is 8. The quantitative estimate of drug-likeness (QED) is 0.426. The smallest absolute Gasteiger partial charge is 0.136 e. The molecule has 0 aliphatic carbocycles. The summed E-state index contributed by atoms with van der Waals surface area (Å²) < 4.78 is 13.2. The summed E-state index contributed by atoms with van der Waals surface area (Å²) in [7, 11) is 0. The van der Waals surface area contributed by atoms with E-state index in [9.17, 15) is 5.11 Å². The van der Waals surface area contributed by atoms with Crippen molar-refractivity contribution in [3.63, 3.8) is 0 Å². The number of thioether (sulfide) groups is 1. The van der Waals surface area contributed by atoms with E-state index in [1.165, 1.54) is 23.1 Å². The molecule has 7 nitrogen and oxygen atoms in total. The van der Waals surface area contributed by atoms with Crippen LogP contribution in [-0.2, 0) is 16.0 Å². The lowest BCUT2D eigenvalue weighted by atomic mass is 10.1. The highest BCUT2D eigenvalue weighted by Crippen LogP contribution is 2.31. The minimum atomic E-state index is -0.792. The molecule has 3 aromatic heterocycles. The summed E-state index contributed by atoms with van der Waals surface area (Å²) in [6, 6.07) is 1.80. The van der Waals surface area contributed by atoms with Crippen molar-refractivity contribution in [1.82, 2.24) is 19.7 Å². The lowest BCUT2D eigenvalue weighted by Gasteiger charge is -2.37. The number of aliphatic hydroxyl groups excluding tert-OH is 1. The first-order chi connectivity index (χ1) is 13.6. The van der Waals surface area contributed by atoms with Crippen LogP contribution >= 0.6 is 34.7 Å². The van der Waals surface area contributed by atoms with Gasteiger partial charge in [0.1, 0.15) is 17.6 Å². The number of halogens is 1. The highest BCUT2D eigenvalue weighted by atomic mass is 35.5. The van der Waals surface area contributed by atoms with E-state index in [4.69, 9.17) is 21.1 Å². The minimum absolute atomic E-state index is 0.00811. The number of ether oxygens (including phenoxy) is 2. The summed E-state index contributed by atoms with van der Waals surface area (Å²) in [6.45, 7) is 2.77. The second-order valence-electron chi connectivity index (χ2n) is 6.43. The number of pyridine rings is 1. The molecule has 0 aromatic carbocycles. The van der Waals surface area contributed by atoms with Crippen molar-refractivity contribution in [2.24, 2.45) is 0 Å². The summed E-state index contributed by atoms with van der Waals surface area (Å²) in [5.74, 6) is 0. The molecular formula is C18H19ClN4O3S2. The number of nitrogens with zero attached hydrogens (tertiary/aromatic N) is 4. The molecule has 4 heterocycles. The molecule has 1 saturated heterocycles. The van der Waals surface area contributed by atoms with E-state index in [0.29, 0.717) is 11.6 Å². The molecule has 0 saturated carbocycles. The van der Waals surface area contributed by atoms with E-state index in [-0.39, 0.29) is 18.8 Å². The van der Waals surface area contributed by atoms with Gasteiger partial charge in [0, 0.05) is 34.4 Å². The fourth-order valence-corrected chi connectivity index (χ4v) is 4.53. The first-order valence-electron chi connectivity index (χ1n) is 8.72. The van der Waals surface area contributed by atoms with Crippen LogP contribution in [0.2, 0.25) is 5.02 Å². The molecule has 1 aliphatic rings. The maximum absolute atomic E-state index is 10.9. The average Bonchev–Trinajstić information content (AvgIpc) is 3.35. The molecule has 3 unspecified atom stereocenters. The van der Waals surface area contributed by atoms with Crippen molar-refractivity contribution in [2.45, 2.75) is 42.1 Å².